The number of hydrogen-bond acceptors (Lipinski definition) is 5. The molecule has 140 valence electrons. The van der Waals surface area contributed by atoms with Gasteiger partial charge in [0.1, 0.15) is 0 Å². The smallest absolute Gasteiger partial charge is 0.334 e. The van der Waals surface area contributed by atoms with E-state index >= 15 is 0 Å². The second kappa shape index (κ2) is 9.92. The van der Waals surface area contributed by atoms with Gasteiger partial charge in [-0.15, -0.1) is 0 Å². The topological polar surface area (TPSA) is 55.8 Å². The fraction of sp³-hybridized carbons (Fsp3) is 0.429. The third-order valence-corrected chi connectivity index (χ3v) is 4.62. The Morgan fingerprint density at radius 3 is 2.65 bits per heavy atom. The second-order valence-electron chi connectivity index (χ2n) is 6.27. The van der Waals surface area contributed by atoms with E-state index in [-0.39, 0.29) is 17.9 Å². The molecule has 26 heavy (non-hydrogen) atoms. The third kappa shape index (κ3) is 5.30. The van der Waals surface area contributed by atoms with Gasteiger partial charge in [-0.05, 0) is 24.5 Å². The van der Waals surface area contributed by atoms with Gasteiger partial charge in [0.2, 0.25) is 0 Å². The van der Waals surface area contributed by atoms with Crippen molar-refractivity contribution in [3.8, 4) is 0 Å². The summed E-state index contributed by atoms with van der Waals surface area (Å²) in [6, 6.07) is 10.2. The van der Waals surface area contributed by atoms with Crippen molar-refractivity contribution in [1.29, 1.82) is 0 Å². The van der Waals surface area contributed by atoms with Crippen LogP contribution in [0.4, 0.5) is 0 Å². The van der Waals surface area contributed by atoms with E-state index in [0.717, 1.165) is 17.7 Å². The molecule has 0 bridgehead atoms. The summed E-state index contributed by atoms with van der Waals surface area (Å²) in [6.45, 7) is 6.39. The lowest BCUT2D eigenvalue weighted by atomic mass is 9.86. The minimum Gasteiger partial charge on any atom is -0.466 e. The molecule has 1 aromatic rings. The van der Waals surface area contributed by atoms with Gasteiger partial charge < -0.3 is 9.47 Å². The Kier molecular flexibility index (Phi) is 7.60. The molecule has 0 spiro atoms. The van der Waals surface area contributed by atoms with Gasteiger partial charge in [-0.2, -0.15) is 0 Å². The molecule has 5 heteroatoms. The fourth-order valence-corrected chi connectivity index (χ4v) is 3.16. The van der Waals surface area contributed by atoms with Crippen molar-refractivity contribution in [2.45, 2.75) is 26.2 Å². The lowest BCUT2D eigenvalue weighted by Crippen LogP contribution is -2.35. The predicted molar refractivity (Wildman–Crippen MR) is 101 cm³/mol. The van der Waals surface area contributed by atoms with Crippen molar-refractivity contribution in [2.24, 2.45) is 0 Å². The number of rotatable bonds is 7. The summed E-state index contributed by atoms with van der Waals surface area (Å²) in [5, 5.41) is 0. The fourth-order valence-electron chi connectivity index (χ4n) is 3.16. The highest BCUT2D eigenvalue weighted by molar-refractivity contribution is 5.90. The summed E-state index contributed by atoms with van der Waals surface area (Å²) in [6.07, 6.45) is 3.88. The molecule has 2 rings (SSSR count). The Morgan fingerprint density at radius 2 is 2.00 bits per heavy atom. The highest BCUT2D eigenvalue weighted by Gasteiger charge is 2.27. The van der Waals surface area contributed by atoms with Crippen molar-refractivity contribution >= 4 is 11.9 Å². The molecule has 0 unspecified atom stereocenters. The monoisotopic (exact) mass is 357 g/mol. The van der Waals surface area contributed by atoms with Gasteiger partial charge in [0.25, 0.3) is 0 Å². The Morgan fingerprint density at radius 1 is 1.27 bits per heavy atom. The van der Waals surface area contributed by atoms with Crippen LogP contribution in [0.1, 0.15) is 31.7 Å². The molecule has 0 aromatic heterocycles. The molecule has 0 amide bonds. The average Bonchev–Trinajstić information content (AvgIpc) is 2.68. The molecular formula is C21H27NO4. The van der Waals surface area contributed by atoms with E-state index in [1.807, 2.05) is 25.1 Å². The molecule has 0 aliphatic carbocycles. The zero-order chi connectivity index (χ0) is 18.9. The van der Waals surface area contributed by atoms with Crippen molar-refractivity contribution in [3.05, 3.63) is 59.2 Å². The van der Waals surface area contributed by atoms with Crippen LogP contribution >= 0.6 is 0 Å². The van der Waals surface area contributed by atoms with Gasteiger partial charge >= 0.3 is 11.9 Å². The lowest BCUT2D eigenvalue weighted by Gasteiger charge is -2.32. The van der Waals surface area contributed by atoms with Crippen molar-refractivity contribution in [1.82, 2.24) is 4.90 Å². The number of benzene rings is 1. The number of hydrogen-bond donors (Lipinski definition) is 0. The zero-order valence-corrected chi connectivity index (χ0v) is 15.7. The molecule has 1 aliphatic rings. The van der Waals surface area contributed by atoms with E-state index in [2.05, 4.69) is 28.7 Å². The largest absolute Gasteiger partial charge is 0.466 e. The van der Waals surface area contributed by atoms with Gasteiger partial charge in [-0.1, -0.05) is 43.3 Å². The van der Waals surface area contributed by atoms with E-state index < -0.39 is 0 Å². The molecule has 1 heterocycles. The molecule has 1 aliphatic heterocycles. The van der Waals surface area contributed by atoms with Crippen LogP contribution in [0.15, 0.2) is 53.6 Å². The summed E-state index contributed by atoms with van der Waals surface area (Å²) in [5.74, 6) is -0.444. The summed E-state index contributed by atoms with van der Waals surface area (Å²) in [4.78, 5) is 25.9. The summed E-state index contributed by atoms with van der Waals surface area (Å²) in [5.41, 5.74) is 3.06. The van der Waals surface area contributed by atoms with Gasteiger partial charge in [-0.25, -0.2) is 9.59 Å². The summed E-state index contributed by atoms with van der Waals surface area (Å²) in [7, 11) is 1.36. The minimum atomic E-state index is -0.359. The number of nitrogens with zero attached hydrogens (tertiary/aromatic N) is 1. The molecule has 0 saturated carbocycles. The first kappa shape index (κ1) is 19.9. The normalized spacial score (nSPS) is 16.6. The van der Waals surface area contributed by atoms with Gasteiger partial charge in [0.15, 0.2) is 0 Å². The van der Waals surface area contributed by atoms with Crippen LogP contribution in [0.25, 0.3) is 0 Å². The maximum atomic E-state index is 12.4. The van der Waals surface area contributed by atoms with Crippen LogP contribution in [0.2, 0.25) is 0 Å². The van der Waals surface area contributed by atoms with E-state index in [1.165, 1.54) is 18.7 Å². The SMILES string of the molecule is CCOC(=O)C1=C([C@@H](C)c2ccccc2)CN(C/C=C/C(=O)OC)CC1. The quantitative estimate of drug-likeness (QED) is 0.554. The lowest BCUT2D eigenvalue weighted by molar-refractivity contribution is -0.139. The van der Waals surface area contributed by atoms with Crippen molar-refractivity contribution < 1.29 is 19.1 Å². The van der Waals surface area contributed by atoms with E-state index in [9.17, 15) is 9.59 Å². The molecule has 1 aromatic carbocycles. The molecular weight excluding hydrogens is 330 g/mol. The van der Waals surface area contributed by atoms with E-state index in [4.69, 9.17) is 4.74 Å². The Balaban J connectivity index is 2.21. The number of methoxy groups -OCH3 is 1. The maximum Gasteiger partial charge on any atom is 0.334 e. The predicted octanol–water partition coefficient (Wildman–Crippen LogP) is 3.08. The van der Waals surface area contributed by atoms with Crippen LogP contribution < -0.4 is 0 Å². The minimum absolute atomic E-state index is 0.128. The first-order valence-electron chi connectivity index (χ1n) is 8.97. The Labute approximate surface area is 155 Å². The van der Waals surface area contributed by atoms with E-state index in [0.29, 0.717) is 26.1 Å². The summed E-state index contributed by atoms with van der Waals surface area (Å²) >= 11 is 0. The highest BCUT2D eigenvalue weighted by atomic mass is 16.5. The Hall–Kier alpha value is -2.40. The molecule has 0 radical (unpaired) electrons. The first-order chi connectivity index (χ1) is 12.6. The molecule has 0 saturated heterocycles. The molecule has 0 N–H and O–H groups in total. The number of carbonyl (C=O) groups excluding carboxylic acids is 2. The maximum absolute atomic E-state index is 12.4. The van der Waals surface area contributed by atoms with Crippen LogP contribution in [0.3, 0.4) is 0 Å². The van der Waals surface area contributed by atoms with Crippen molar-refractivity contribution in [3.63, 3.8) is 0 Å². The second-order valence-corrected chi connectivity index (χ2v) is 6.27. The molecule has 1 atom stereocenters. The van der Waals surface area contributed by atoms with Crippen LogP contribution in [0, 0.1) is 0 Å². The number of esters is 2. The van der Waals surface area contributed by atoms with E-state index in [1.54, 1.807) is 6.08 Å². The van der Waals surface area contributed by atoms with Gasteiger partial charge in [0, 0.05) is 37.2 Å². The summed E-state index contributed by atoms with van der Waals surface area (Å²) < 4.78 is 9.89. The molecule has 0 fully saturated rings. The first-order valence-corrected chi connectivity index (χ1v) is 8.97. The number of ether oxygens (including phenoxy) is 2. The average molecular weight is 357 g/mol. The van der Waals surface area contributed by atoms with Crippen LogP contribution in [-0.2, 0) is 19.1 Å². The standard InChI is InChI=1S/C21H27NO4/c1-4-26-21(24)18-12-14-22(13-8-11-20(23)25-3)15-19(18)16(2)17-9-6-5-7-10-17/h5-11,16H,4,12-15H2,1-3H3/b11-8+/t16-/m0/s1. The van der Waals surface area contributed by atoms with Gasteiger partial charge in [0.05, 0.1) is 13.7 Å². The zero-order valence-electron chi connectivity index (χ0n) is 15.7. The molecule has 5 nitrogen and oxygen atoms in total. The highest BCUT2D eigenvalue weighted by Crippen LogP contribution is 2.31. The third-order valence-electron chi connectivity index (χ3n) is 4.62. The number of carbonyl (C=O) groups is 2. The van der Waals surface area contributed by atoms with Crippen LogP contribution in [0.5, 0.6) is 0 Å². The van der Waals surface area contributed by atoms with Gasteiger partial charge in [-0.3, -0.25) is 4.90 Å². The van der Waals surface area contributed by atoms with Crippen LogP contribution in [-0.4, -0.2) is 50.2 Å². The van der Waals surface area contributed by atoms with Crippen molar-refractivity contribution in [2.75, 3.05) is 33.4 Å². The Bertz CT molecular complexity index is 679.